The number of rotatable bonds is 7. The van der Waals surface area contributed by atoms with Crippen LogP contribution < -0.4 is 14.8 Å². The van der Waals surface area contributed by atoms with Gasteiger partial charge in [0.05, 0.1) is 26.5 Å². The number of benzene rings is 1. The Kier molecular flexibility index (Phi) is 4.80. The van der Waals surface area contributed by atoms with E-state index in [1.807, 2.05) is 31.2 Å². The summed E-state index contributed by atoms with van der Waals surface area (Å²) in [6.45, 7) is 3.94. The third-order valence-corrected chi connectivity index (χ3v) is 2.65. The van der Waals surface area contributed by atoms with Crippen molar-refractivity contribution in [3.05, 3.63) is 41.8 Å². The quantitative estimate of drug-likeness (QED) is 0.830. The Bertz CT molecular complexity index is 497. The molecule has 1 aromatic carbocycles. The van der Waals surface area contributed by atoms with E-state index in [0.717, 1.165) is 29.4 Å². The Balaban J connectivity index is 1.94. The molecule has 5 heteroatoms. The highest BCUT2D eigenvalue weighted by Crippen LogP contribution is 2.27. The highest BCUT2D eigenvalue weighted by atomic mass is 16.5. The second-order valence-corrected chi connectivity index (χ2v) is 4.00. The lowest BCUT2D eigenvalue weighted by atomic mass is 10.2. The summed E-state index contributed by atoms with van der Waals surface area (Å²) < 4.78 is 15.8. The number of hydrogen-bond acceptors (Lipinski definition) is 5. The lowest BCUT2D eigenvalue weighted by Gasteiger charge is -2.11. The summed E-state index contributed by atoms with van der Waals surface area (Å²) in [5.41, 5.74) is 1.13. The maximum Gasteiger partial charge on any atom is 0.161 e. The third-order valence-electron chi connectivity index (χ3n) is 2.65. The summed E-state index contributed by atoms with van der Waals surface area (Å²) in [5.74, 6) is 2.34. The van der Waals surface area contributed by atoms with Crippen LogP contribution in [0, 0.1) is 0 Å². The molecule has 0 saturated heterocycles. The van der Waals surface area contributed by atoms with Crippen molar-refractivity contribution in [2.75, 3.05) is 13.7 Å². The van der Waals surface area contributed by atoms with Gasteiger partial charge in [-0.25, -0.2) is 0 Å². The maximum absolute atomic E-state index is 5.54. The highest BCUT2D eigenvalue weighted by molar-refractivity contribution is 5.42. The van der Waals surface area contributed by atoms with Gasteiger partial charge in [0.1, 0.15) is 5.76 Å². The van der Waals surface area contributed by atoms with Crippen molar-refractivity contribution in [1.29, 1.82) is 0 Å². The van der Waals surface area contributed by atoms with Crippen LogP contribution >= 0.6 is 0 Å². The SMILES string of the molecule is CCOc1cc(CNCc2ccno2)ccc1OC. The first kappa shape index (κ1) is 13.4. The second-order valence-electron chi connectivity index (χ2n) is 4.00. The van der Waals surface area contributed by atoms with Gasteiger partial charge in [-0.3, -0.25) is 0 Å². The van der Waals surface area contributed by atoms with E-state index >= 15 is 0 Å². The molecule has 0 radical (unpaired) electrons. The van der Waals surface area contributed by atoms with Crippen LogP contribution in [0.25, 0.3) is 0 Å². The van der Waals surface area contributed by atoms with Crippen LogP contribution in [0.1, 0.15) is 18.2 Å². The van der Waals surface area contributed by atoms with Crippen LogP contribution in [0.5, 0.6) is 11.5 Å². The molecule has 1 N–H and O–H groups in total. The van der Waals surface area contributed by atoms with Gasteiger partial charge in [-0.2, -0.15) is 0 Å². The number of nitrogens with one attached hydrogen (secondary N) is 1. The molecule has 0 unspecified atom stereocenters. The summed E-state index contributed by atoms with van der Waals surface area (Å²) >= 11 is 0. The Morgan fingerprint density at radius 3 is 2.79 bits per heavy atom. The van der Waals surface area contributed by atoms with Crippen LogP contribution in [0.2, 0.25) is 0 Å². The molecule has 1 heterocycles. The van der Waals surface area contributed by atoms with E-state index in [4.69, 9.17) is 14.0 Å². The minimum atomic E-state index is 0.616. The summed E-state index contributed by atoms with van der Waals surface area (Å²) in [6.07, 6.45) is 1.64. The van der Waals surface area contributed by atoms with Crippen LogP contribution in [0.3, 0.4) is 0 Å². The first-order chi connectivity index (χ1) is 9.33. The average Bonchev–Trinajstić information content (AvgIpc) is 2.93. The molecule has 0 amide bonds. The Morgan fingerprint density at radius 2 is 2.11 bits per heavy atom. The number of aromatic nitrogens is 1. The monoisotopic (exact) mass is 262 g/mol. The molecule has 0 aliphatic rings. The average molecular weight is 262 g/mol. The molecule has 0 saturated carbocycles. The van der Waals surface area contributed by atoms with E-state index in [0.29, 0.717) is 13.2 Å². The molecule has 0 bridgehead atoms. The van der Waals surface area contributed by atoms with Crippen molar-refractivity contribution >= 4 is 0 Å². The molecular formula is C14H18N2O3. The van der Waals surface area contributed by atoms with Crippen molar-refractivity contribution in [3.63, 3.8) is 0 Å². The molecule has 0 spiro atoms. The van der Waals surface area contributed by atoms with Gasteiger partial charge in [-0.15, -0.1) is 0 Å². The van der Waals surface area contributed by atoms with Crippen LogP contribution in [-0.4, -0.2) is 18.9 Å². The smallest absolute Gasteiger partial charge is 0.161 e. The fourth-order valence-electron chi connectivity index (χ4n) is 1.76. The lowest BCUT2D eigenvalue weighted by Crippen LogP contribution is -2.12. The molecule has 0 aliphatic heterocycles. The normalized spacial score (nSPS) is 10.4. The van der Waals surface area contributed by atoms with Gasteiger partial charge >= 0.3 is 0 Å². The molecule has 0 fully saturated rings. The topological polar surface area (TPSA) is 56.5 Å². The first-order valence-electron chi connectivity index (χ1n) is 6.23. The lowest BCUT2D eigenvalue weighted by molar-refractivity contribution is 0.310. The highest BCUT2D eigenvalue weighted by Gasteiger charge is 2.05. The van der Waals surface area contributed by atoms with Gasteiger partial charge in [0.25, 0.3) is 0 Å². The van der Waals surface area contributed by atoms with Crippen LogP contribution in [0.4, 0.5) is 0 Å². The zero-order valence-electron chi connectivity index (χ0n) is 11.2. The standard InChI is InChI=1S/C14H18N2O3/c1-3-18-14-8-11(4-5-13(14)17-2)9-15-10-12-6-7-16-19-12/h4-8,15H,3,9-10H2,1-2H3. The fourth-order valence-corrected chi connectivity index (χ4v) is 1.76. The Hall–Kier alpha value is -2.01. The number of nitrogens with zero attached hydrogens (tertiary/aromatic N) is 1. The van der Waals surface area contributed by atoms with E-state index in [-0.39, 0.29) is 0 Å². The zero-order valence-corrected chi connectivity index (χ0v) is 11.2. The third kappa shape index (κ3) is 3.72. The molecule has 19 heavy (non-hydrogen) atoms. The van der Waals surface area contributed by atoms with Crippen molar-refractivity contribution in [2.45, 2.75) is 20.0 Å². The van der Waals surface area contributed by atoms with Crippen molar-refractivity contribution < 1.29 is 14.0 Å². The summed E-state index contributed by atoms with van der Waals surface area (Å²) in [7, 11) is 1.64. The van der Waals surface area contributed by atoms with E-state index < -0.39 is 0 Å². The van der Waals surface area contributed by atoms with E-state index in [1.54, 1.807) is 13.3 Å². The van der Waals surface area contributed by atoms with Gasteiger partial charge in [-0.05, 0) is 24.6 Å². The van der Waals surface area contributed by atoms with Crippen molar-refractivity contribution in [1.82, 2.24) is 10.5 Å². The molecule has 2 rings (SSSR count). The molecule has 0 atom stereocenters. The number of hydrogen-bond donors (Lipinski definition) is 1. The molecule has 0 aliphatic carbocycles. The van der Waals surface area contributed by atoms with Gasteiger partial charge in [0, 0.05) is 12.6 Å². The molecule has 1 aromatic heterocycles. The molecule has 2 aromatic rings. The van der Waals surface area contributed by atoms with E-state index in [1.165, 1.54) is 0 Å². The summed E-state index contributed by atoms with van der Waals surface area (Å²) in [4.78, 5) is 0. The van der Waals surface area contributed by atoms with Crippen LogP contribution in [0.15, 0.2) is 35.0 Å². The molecule has 102 valence electrons. The van der Waals surface area contributed by atoms with Crippen molar-refractivity contribution in [3.8, 4) is 11.5 Å². The number of ether oxygens (including phenoxy) is 2. The zero-order chi connectivity index (χ0) is 13.5. The summed E-state index contributed by atoms with van der Waals surface area (Å²) in [5, 5.41) is 6.94. The fraction of sp³-hybridized carbons (Fsp3) is 0.357. The van der Waals surface area contributed by atoms with Gasteiger partial charge in [0.15, 0.2) is 11.5 Å². The van der Waals surface area contributed by atoms with Gasteiger partial charge in [-0.1, -0.05) is 11.2 Å². The van der Waals surface area contributed by atoms with Gasteiger partial charge in [0.2, 0.25) is 0 Å². The Labute approximate surface area is 112 Å². The maximum atomic E-state index is 5.54. The van der Waals surface area contributed by atoms with Crippen LogP contribution in [-0.2, 0) is 13.1 Å². The first-order valence-corrected chi connectivity index (χ1v) is 6.23. The molecular weight excluding hydrogens is 244 g/mol. The van der Waals surface area contributed by atoms with Crippen molar-refractivity contribution in [2.24, 2.45) is 0 Å². The minimum Gasteiger partial charge on any atom is -0.493 e. The Morgan fingerprint density at radius 1 is 1.21 bits per heavy atom. The number of methoxy groups -OCH3 is 1. The largest absolute Gasteiger partial charge is 0.493 e. The predicted octanol–water partition coefficient (Wildman–Crippen LogP) is 2.37. The van der Waals surface area contributed by atoms with E-state index in [9.17, 15) is 0 Å². The minimum absolute atomic E-state index is 0.616. The predicted molar refractivity (Wildman–Crippen MR) is 71.2 cm³/mol. The van der Waals surface area contributed by atoms with Gasteiger partial charge < -0.3 is 19.3 Å². The second kappa shape index (κ2) is 6.80. The summed E-state index contributed by atoms with van der Waals surface area (Å²) in [6, 6.07) is 7.74. The van der Waals surface area contributed by atoms with E-state index in [2.05, 4.69) is 10.5 Å². The molecule has 5 nitrogen and oxygen atoms in total.